The summed E-state index contributed by atoms with van der Waals surface area (Å²) in [5.74, 6) is -0.106. The third-order valence-corrected chi connectivity index (χ3v) is 7.55. The summed E-state index contributed by atoms with van der Waals surface area (Å²) in [6.07, 6.45) is 4.07. The third-order valence-electron chi connectivity index (χ3n) is 4.70. The highest BCUT2D eigenvalue weighted by Crippen LogP contribution is 2.27. The predicted molar refractivity (Wildman–Crippen MR) is 105 cm³/mol. The van der Waals surface area contributed by atoms with Crippen LogP contribution in [-0.2, 0) is 21.2 Å². The van der Waals surface area contributed by atoms with Gasteiger partial charge in [-0.05, 0) is 55.0 Å². The number of hydrogen-bond donors (Lipinski definition) is 1. The Hall–Kier alpha value is -1.70. The Kier molecular flexibility index (Phi) is 6.11. The van der Waals surface area contributed by atoms with Crippen LogP contribution < -0.4 is 5.32 Å². The highest BCUT2D eigenvalue weighted by atomic mass is 32.2. The zero-order chi connectivity index (χ0) is 18.6. The van der Waals surface area contributed by atoms with Crippen LogP contribution in [0.2, 0.25) is 0 Å². The number of thiophene rings is 1. The van der Waals surface area contributed by atoms with E-state index in [4.69, 9.17) is 0 Å². The van der Waals surface area contributed by atoms with E-state index in [0.717, 1.165) is 30.6 Å². The Morgan fingerprint density at radius 1 is 1.23 bits per heavy atom. The van der Waals surface area contributed by atoms with Crippen LogP contribution >= 0.6 is 11.3 Å². The maximum atomic E-state index is 12.9. The quantitative estimate of drug-likeness (QED) is 0.811. The minimum absolute atomic E-state index is 0.0823. The molecule has 1 aliphatic heterocycles. The van der Waals surface area contributed by atoms with Crippen LogP contribution in [0.15, 0.2) is 46.7 Å². The summed E-state index contributed by atoms with van der Waals surface area (Å²) in [6, 6.07) is 10.4. The lowest BCUT2D eigenvalue weighted by Crippen LogP contribution is -2.43. The number of benzene rings is 1. The zero-order valence-electron chi connectivity index (χ0n) is 14.8. The summed E-state index contributed by atoms with van der Waals surface area (Å²) in [4.78, 5) is 13.3. The molecule has 1 aromatic carbocycles. The molecule has 1 aromatic heterocycles. The van der Waals surface area contributed by atoms with Crippen LogP contribution in [0.25, 0.3) is 0 Å². The molecule has 0 spiro atoms. The number of anilines is 1. The Balaban J connectivity index is 1.69. The number of carbonyl (C=O) groups excluding carboxylic acids is 1. The number of sulfonamides is 1. The molecule has 26 heavy (non-hydrogen) atoms. The molecule has 1 saturated heterocycles. The van der Waals surface area contributed by atoms with Gasteiger partial charge in [-0.3, -0.25) is 4.79 Å². The number of carbonyl (C=O) groups is 1. The first-order valence-electron chi connectivity index (χ1n) is 8.95. The molecule has 1 N–H and O–H groups in total. The van der Waals surface area contributed by atoms with E-state index < -0.39 is 10.0 Å². The number of piperidine rings is 1. The largest absolute Gasteiger partial charge is 0.326 e. The van der Waals surface area contributed by atoms with Gasteiger partial charge in [0.25, 0.3) is 0 Å². The number of amides is 1. The van der Waals surface area contributed by atoms with Crippen LogP contribution in [0.1, 0.15) is 37.5 Å². The van der Waals surface area contributed by atoms with Crippen molar-refractivity contribution in [2.24, 2.45) is 0 Å². The predicted octanol–water partition coefficient (Wildman–Crippen LogP) is 3.88. The van der Waals surface area contributed by atoms with Gasteiger partial charge in [-0.15, -0.1) is 11.3 Å². The fourth-order valence-electron chi connectivity index (χ4n) is 3.32. The second kappa shape index (κ2) is 8.33. The summed E-state index contributed by atoms with van der Waals surface area (Å²) in [6.45, 7) is 2.62. The first-order chi connectivity index (χ1) is 12.5. The van der Waals surface area contributed by atoms with Crippen LogP contribution in [0.4, 0.5) is 5.69 Å². The molecule has 7 heteroatoms. The lowest BCUT2D eigenvalue weighted by atomic mass is 10.0. The number of nitrogens with one attached hydrogen (secondary N) is 1. The Morgan fingerprint density at radius 2 is 2.00 bits per heavy atom. The molecule has 140 valence electrons. The highest BCUT2D eigenvalue weighted by molar-refractivity contribution is 7.89. The minimum atomic E-state index is -3.49. The molecule has 0 bridgehead atoms. The van der Waals surface area contributed by atoms with Gasteiger partial charge in [-0.2, -0.15) is 4.31 Å². The monoisotopic (exact) mass is 392 g/mol. The van der Waals surface area contributed by atoms with Gasteiger partial charge in [0.2, 0.25) is 15.9 Å². The summed E-state index contributed by atoms with van der Waals surface area (Å²) in [7, 11) is -3.49. The summed E-state index contributed by atoms with van der Waals surface area (Å²) >= 11 is 1.54. The smallest absolute Gasteiger partial charge is 0.243 e. The van der Waals surface area contributed by atoms with Gasteiger partial charge in [0.1, 0.15) is 0 Å². The van der Waals surface area contributed by atoms with Crippen LogP contribution in [0, 0.1) is 0 Å². The first kappa shape index (κ1) is 19.1. The van der Waals surface area contributed by atoms with E-state index in [1.54, 1.807) is 39.9 Å². The minimum Gasteiger partial charge on any atom is -0.326 e. The first-order valence-corrected chi connectivity index (χ1v) is 11.3. The van der Waals surface area contributed by atoms with Crippen molar-refractivity contribution < 1.29 is 13.2 Å². The van der Waals surface area contributed by atoms with Crippen LogP contribution in [-0.4, -0.2) is 31.2 Å². The van der Waals surface area contributed by atoms with Gasteiger partial charge in [0.15, 0.2) is 0 Å². The molecule has 0 saturated carbocycles. The molecule has 2 aromatic rings. The van der Waals surface area contributed by atoms with Crippen molar-refractivity contribution in [1.29, 1.82) is 0 Å². The molecule has 1 aliphatic rings. The number of rotatable bonds is 6. The number of hydrogen-bond acceptors (Lipinski definition) is 4. The lowest BCUT2D eigenvalue weighted by molar-refractivity contribution is -0.115. The second-order valence-electron chi connectivity index (χ2n) is 6.50. The molecule has 1 fully saturated rings. The average molecular weight is 393 g/mol. The normalized spacial score (nSPS) is 18.6. The van der Waals surface area contributed by atoms with Gasteiger partial charge in [0.05, 0.1) is 11.3 Å². The van der Waals surface area contributed by atoms with E-state index >= 15 is 0 Å². The maximum Gasteiger partial charge on any atom is 0.243 e. The molecule has 0 radical (unpaired) electrons. The van der Waals surface area contributed by atoms with E-state index in [2.05, 4.69) is 5.32 Å². The van der Waals surface area contributed by atoms with Crippen molar-refractivity contribution >= 4 is 33.0 Å². The molecule has 1 amide bonds. The molecule has 2 heterocycles. The van der Waals surface area contributed by atoms with Crippen molar-refractivity contribution in [1.82, 2.24) is 4.31 Å². The molecule has 0 unspecified atom stereocenters. The summed E-state index contributed by atoms with van der Waals surface area (Å²) in [5.41, 5.74) is 0.608. The van der Waals surface area contributed by atoms with E-state index in [-0.39, 0.29) is 16.8 Å². The summed E-state index contributed by atoms with van der Waals surface area (Å²) in [5, 5.41) is 4.75. The molecule has 0 aliphatic carbocycles. The second-order valence-corrected chi connectivity index (χ2v) is 9.43. The zero-order valence-corrected chi connectivity index (χ0v) is 16.5. The van der Waals surface area contributed by atoms with Crippen molar-refractivity contribution in [2.75, 3.05) is 11.9 Å². The van der Waals surface area contributed by atoms with Crippen LogP contribution in [0.3, 0.4) is 0 Å². The Labute approximate surface area is 159 Å². The topological polar surface area (TPSA) is 66.5 Å². The SMILES string of the molecule is CC[C@@H]1CCCCN1S(=O)(=O)c1ccc(NC(=O)Cc2cccs2)cc1. The Morgan fingerprint density at radius 3 is 2.65 bits per heavy atom. The van der Waals surface area contributed by atoms with Crippen molar-refractivity contribution in [3.63, 3.8) is 0 Å². The van der Waals surface area contributed by atoms with Gasteiger partial charge in [0, 0.05) is 23.2 Å². The van der Waals surface area contributed by atoms with Crippen molar-refractivity contribution in [3.05, 3.63) is 46.7 Å². The number of nitrogens with zero attached hydrogens (tertiary/aromatic N) is 1. The molecular weight excluding hydrogens is 368 g/mol. The molecule has 1 atom stereocenters. The van der Waals surface area contributed by atoms with Crippen molar-refractivity contribution in [3.8, 4) is 0 Å². The van der Waals surface area contributed by atoms with Gasteiger partial charge < -0.3 is 5.32 Å². The fraction of sp³-hybridized carbons (Fsp3) is 0.421. The molecular formula is C19H24N2O3S2. The lowest BCUT2D eigenvalue weighted by Gasteiger charge is -2.34. The molecule has 5 nitrogen and oxygen atoms in total. The van der Waals surface area contributed by atoms with E-state index in [1.807, 2.05) is 24.4 Å². The van der Waals surface area contributed by atoms with E-state index in [0.29, 0.717) is 18.7 Å². The Bertz CT molecular complexity index is 830. The van der Waals surface area contributed by atoms with Gasteiger partial charge in [-0.25, -0.2) is 8.42 Å². The van der Waals surface area contributed by atoms with Crippen molar-refractivity contribution in [2.45, 2.75) is 50.0 Å². The third kappa shape index (κ3) is 4.34. The summed E-state index contributed by atoms with van der Waals surface area (Å²) < 4.78 is 27.5. The molecule has 3 rings (SSSR count). The van der Waals surface area contributed by atoms with Gasteiger partial charge in [-0.1, -0.05) is 19.4 Å². The fourth-order valence-corrected chi connectivity index (χ4v) is 5.79. The van der Waals surface area contributed by atoms with Gasteiger partial charge >= 0.3 is 0 Å². The maximum absolute atomic E-state index is 12.9. The average Bonchev–Trinajstić information content (AvgIpc) is 3.15. The standard InChI is InChI=1S/C19H24N2O3S2/c1-2-16-6-3-4-12-21(16)26(23,24)18-10-8-15(9-11-18)20-19(22)14-17-7-5-13-25-17/h5,7-11,13,16H,2-4,6,12,14H2,1H3,(H,20,22)/t16-/m1/s1. The van der Waals surface area contributed by atoms with E-state index in [9.17, 15) is 13.2 Å². The highest BCUT2D eigenvalue weighted by Gasteiger charge is 2.32. The van der Waals surface area contributed by atoms with E-state index in [1.165, 1.54) is 0 Å². The van der Waals surface area contributed by atoms with Crippen LogP contribution in [0.5, 0.6) is 0 Å².